The van der Waals surface area contributed by atoms with Crippen LogP contribution in [-0.2, 0) is 6.42 Å². The van der Waals surface area contributed by atoms with Gasteiger partial charge in [0.1, 0.15) is 0 Å². The molecule has 2 atom stereocenters. The van der Waals surface area contributed by atoms with E-state index in [9.17, 15) is 0 Å². The first kappa shape index (κ1) is 17.9. The average molecular weight is 413 g/mol. The molecule has 2 aliphatic carbocycles. The molecule has 0 saturated carbocycles. The second-order valence-electron chi connectivity index (χ2n) is 9.05. The Balaban J connectivity index is 1.36. The van der Waals surface area contributed by atoms with Crippen molar-refractivity contribution in [1.82, 2.24) is 9.55 Å². The van der Waals surface area contributed by atoms with E-state index in [1.54, 1.807) is 0 Å². The molecule has 2 heterocycles. The monoisotopic (exact) mass is 412 g/mol. The summed E-state index contributed by atoms with van der Waals surface area (Å²) < 4.78 is 2.42. The van der Waals surface area contributed by atoms with E-state index in [2.05, 4.69) is 113 Å². The number of hydrogen-bond donors (Lipinski definition) is 1. The van der Waals surface area contributed by atoms with Crippen LogP contribution in [0, 0.1) is 11.8 Å². The van der Waals surface area contributed by atoms with Crippen LogP contribution in [0.25, 0.3) is 45.7 Å². The summed E-state index contributed by atoms with van der Waals surface area (Å²) in [6.45, 7) is 0. The first-order chi connectivity index (χ1) is 15.9. The Hall–Kier alpha value is -3.78. The van der Waals surface area contributed by atoms with Crippen LogP contribution in [-0.4, -0.2) is 9.55 Å². The molecule has 3 aromatic carbocycles. The molecule has 2 aromatic heterocycles. The number of benzene rings is 3. The molecule has 0 radical (unpaired) electrons. The van der Waals surface area contributed by atoms with Gasteiger partial charge in [-0.25, -0.2) is 0 Å². The SMILES string of the molecule is C1=CC(C2C=c3c(n(-c4ccccc4)c4ccccc34)=CC2)Cc2c1[nH]c1ccccc21. The van der Waals surface area contributed by atoms with Gasteiger partial charge < -0.3 is 9.55 Å². The normalized spacial score (nSPS) is 19.4. The lowest BCUT2D eigenvalue weighted by Gasteiger charge is -2.25. The molecule has 0 spiro atoms. The van der Waals surface area contributed by atoms with E-state index < -0.39 is 0 Å². The van der Waals surface area contributed by atoms with Crippen molar-refractivity contribution < 1.29 is 0 Å². The fraction of sp³-hybridized carbons (Fsp3) is 0.133. The molecule has 2 nitrogen and oxygen atoms in total. The Labute approximate surface area is 186 Å². The number of para-hydroxylation sites is 3. The van der Waals surface area contributed by atoms with Crippen molar-refractivity contribution >= 4 is 40.0 Å². The van der Waals surface area contributed by atoms with Gasteiger partial charge in [-0.1, -0.05) is 72.8 Å². The number of nitrogens with one attached hydrogen (secondary N) is 1. The molecule has 2 aliphatic rings. The van der Waals surface area contributed by atoms with Crippen LogP contribution in [0.5, 0.6) is 0 Å². The van der Waals surface area contributed by atoms with Gasteiger partial charge in [0.25, 0.3) is 0 Å². The highest BCUT2D eigenvalue weighted by atomic mass is 15.0. The molecule has 2 unspecified atom stereocenters. The van der Waals surface area contributed by atoms with Gasteiger partial charge in [0.15, 0.2) is 0 Å². The summed E-state index contributed by atoms with van der Waals surface area (Å²) in [6.07, 6.45) is 11.9. The van der Waals surface area contributed by atoms with Gasteiger partial charge in [-0.15, -0.1) is 0 Å². The molecular formula is C30H24N2. The maximum absolute atomic E-state index is 3.59. The maximum Gasteiger partial charge on any atom is 0.0540 e. The van der Waals surface area contributed by atoms with Crippen molar-refractivity contribution in [2.24, 2.45) is 11.8 Å². The zero-order valence-electron chi connectivity index (χ0n) is 17.8. The number of fused-ring (bicyclic) bond motifs is 6. The van der Waals surface area contributed by atoms with Crippen LogP contribution in [0.15, 0.2) is 84.9 Å². The molecule has 1 N–H and O–H groups in total. The van der Waals surface area contributed by atoms with Crippen LogP contribution in [0.1, 0.15) is 17.7 Å². The first-order valence-corrected chi connectivity index (χ1v) is 11.5. The van der Waals surface area contributed by atoms with E-state index in [0.717, 1.165) is 12.8 Å². The van der Waals surface area contributed by atoms with Crippen LogP contribution >= 0.6 is 0 Å². The van der Waals surface area contributed by atoms with Crippen molar-refractivity contribution in [3.8, 4) is 5.69 Å². The number of allylic oxidation sites excluding steroid dienone is 1. The Morgan fingerprint density at radius 3 is 2.47 bits per heavy atom. The minimum absolute atomic E-state index is 0.510. The molecular weight excluding hydrogens is 388 g/mol. The summed E-state index contributed by atoms with van der Waals surface area (Å²) in [4.78, 5) is 3.59. The van der Waals surface area contributed by atoms with E-state index in [1.807, 2.05) is 0 Å². The van der Waals surface area contributed by atoms with Crippen molar-refractivity contribution in [3.63, 3.8) is 0 Å². The average Bonchev–Trinajstić information content (AvgIpc) is 3.39. The van der Waals surface area contributed by atoms with E-state index in [-0.39, 0.29) is 0 Å². The molecule has 0 amide bonds. The van der Waals surface area contributed by atoms with Crippen molar-refractivity contribution in [2.45, 2.75) is 12.8 Å². The highest BCUT2D eigenvalue weighted by molar-refractivity contribution is 5.88. The second-order valence-corrected chi connectivity index (χ2v) is 9.05. The molecule has 154 valence electrons. The fourth-order valence-corrected chi connectivity index (χ4v) is 5.75. The largest absolute Gasteiger partial charge is 0.355 e. The Morgan fingerprint density at radius 1 is 0.781 bits per heavy atom. The Morgan fingerprint density at radius 2 is 1.56 bits per heavy atom. The predicted molar refractivity (Wildman–Crippen MR) is 134 cm³/mol. The van der Waals surface area contributed by atoms with Crippen LogP contribution in [0.3, 0.4) is 0 Å². The van der Waals surface area contributed by atoms with Gasteiger partial charge in [-0.05, 0) is 60.6 Å². The number of aromatic nitrogens is 2. The highest BCUT2D eigenvalue weighted by Crippen LogP contribution is 2.35. The van der Waals surface area contributed by atoms with Crippen molar-refractivity contribution in [2.75, 3.05) is 0 Å². The van der Waals surface area contributed by atoms with Crippen LogP contribution in [0.2, 0.25) is 0 Å². The summed E-state index contributed by atoms with van der Waals surface area (Å²) in [6, 6.07) is 28.3. The summed E-state index contributed by atoms with van der Waals surface area (Å²) in [5.74, 6) is 1.03. The van der Waals surface area contributed by atoms with Crippen molar-refractivity contribution in [1.29, 1.82) is 0 Å². The molecule has 0 saturated heterocycles. The minimum Gasteiger partial charge on any atom is -0.355 e. The lowest BCUT2D eigenvalue weighted by Crippen LogP contribution is -2.34. The number of nitrogens with zero attached hydrogens (tertiary/aromatic N) is 1. The zero-order chi connectivity index (χ0) is 21.1. The molecule has 2 heteroatoms. The number of aromatic amines is 1. The molecule has 0 bridgehead atoms. The van der Waals surface area contributed by atoms with Crippen LogP contribution < -0.4 is 10.6 Å². The van der Waals surface area contributed by atoms with E-state index in [1.165, 1.54) is 49.3 Å². The minimum atomic E-state index is 0.510. The topological polar surface area (TPSA) is 20.7 Å². The van der Waals surface area contributed by atoms with Gasteiger partial charge in [0, 0.05) is 38.2 Å². The fourth-order valence-electron chi connectivity index (χ4n) is 5.75. The third-order valence-corrected chi connectivity index (χ3v) is 7.28. The second kappa shape index (κ2) is 6.86. The lowest BCUT2D eigenvalue weighted by atomic mass is 9.79. The standard InChI is InChI=1S/C30H24N2/c1-2-8-22(9-3-1)32-29-13-7-5-11-24(29)26-19-21(15-17-30(26)32)20-14-16-28-25(18-20)23-10-4-6-12-27(23)31-28/h1-14,16-17,19-21,31H,15,18H2. The molecule has 32 heavy (non-hydrogen) atoms. The van der Waals surface area contributed by atoms with E-state index >= 15 is 0 Å². The highest BCUT2D eigenvalue weighted by Gasteiger charge is 2.25. The number of hydrogen-bond acceptors (Lipinski definition) is 0. The van der Waals surface area contributed by atoms with Gasteiger partial charge >= 0.3 is 0 Å². The summed E-state index contributed by atoms with van der Waals surface area (Å²) in [5, 5.41) is 5.44. The molecule has 0 fully saturated rings. The molecule has 7 rings (SSSR count). The van der Waals surface area contributed by atoms with Gasteiger partial charge in [0.05, 0.1) is 5.52 Å². The summed E-state index contributed by atoms with van der Waals surface area (Å²) in [7, 11) is 0. The van der Waals surface area contributed by atoms with E-state index in [4.69, 9.17) is 0 Å². The predicted octanol–water partition coefficient (Wildman–Crippen LogP) is 5.58. The third-order valence-electron chi connectivity index (χ3n) is 7.28. The quantitative estimate of drug-likeness (QED) is 0.391. The first-order valence-electron chi connectivity index (χ1n) is 11.5. The Bertz CT molecular complexity index is 1630. The Kier molecular flexibility index (Phi) is 3.83. The molecule has 5 aromatic rings. The maximum atomic E-state index is 3.59. The van der Waals surface area contributed by atoms with Gasteiger partial charge in [-0.3, -0.25) is 0 Å². The smallest absolute Gasteiger partial charge is 0.0540 e. The summed E-state index contributed by atoms with van der Waals surface area (Å²) in [5.41, 5.74) is 6.52. The third kappa shape index (κ3) is 2.59. The zero-order valence-corrected chi connectivity index (χ0v) is 17.8. The van der Waals surface area contributed by atoms with Gasteiger partial charge in [0.2, 0.25) is 0 Å². The van der Waals surface area contributed by atoms with Crippen molar-refractivity contribution in [3.05, 3.63) is 107 Å². The van der Waals surface area contributed by atoms with Crippen LogP contribution in [0.4, 0.5) is 0 Å². The lowest BCUT2D eigenvalue weighted by molar-refractivity contribution is 0.503. The number of H-pyrrole nitrogens is 1. The van der Waals surface area contributed by atoms with E-state index in [0.29, 0.717) is 11.8 Å². The molecule has 0 aliphatic heterocycles. The number of rotatable bonds is 2. The summed E-state index contributed by atoms with van der Waals surface area (Å²) >= 11 is 0. The van der Waals surface area contributed by atoms with Gasteiger partial charge in [-0.2, -0.15) is 0 Å².